The molecule has 0 saturated heterocycles. The van der Waals surface area contributed by atoms with E-state index < -0.39 is 16.5 Å². The van der Waals surface area contributed by atoms with Gasteiger partial charge in [0.2, 0.25) is 0 Å². The fraction of sp³-hybridized carbons (Fsp3) is 1.00. The summed E-state index contributed by atoms with van der Waals surface area (Å²) in [7, 11) is -2.41. The van der Waals surface area contributed by atoms with Crippen molar-refractivity contribution in [1.29, 1.82) is 0 Å². The van der Waals surface area contributed by atoms with Gasteiger partial charge in [-0.1, -0.05) is 39.5 Å². The van der Waals surface area contributed by atoms with Crippen LogP contribution in [0.25, 0.3) is 0 Å². The van der Waals surface area contributed by atoms with Crippen LogP contribution in [-0.4, -0.2) is 22.0 Å². The zero-order chi connectivity index (χ0) is 9.83. The minimum Gasteiger partial charge on any atom is -0.359 e. The van der Waals surface area contributed by atoms with Gasteiger partial charge < -0.3 is 4.65 Å². The Morgan fingerprint density at radius 3 is 1.92 bits per heavy atom. The summed E-state index contributed by atoms with van der Waals surface area (Å²) in [6, 6.07) is 1.36. The third-order valence-electron chi connectivity index (χ3n) is 1.89. The largest absolute Gasteiger partial charge is 0.359 e. The highest BCUT2D eigenvalue weighted by Gasteiger charge is 2.29. The van der Waals surface area contributed by atoms with Crippen LogP contribution >= 0.6 is 11.6 Å². The number of hydrogen-bond donors (Lipinski definition) is 1. The van der Waals surface area contributed by atoms with Gasteiger partial charge in [0.1, 0.15) is 16.5 Å². The van der Waals surface area contributed by atoms with Crippen LogP contribution in [0.5, 0.6) is 0 Å². The molecule has 0 fully saturated rings. The van der Waals surface area contributed by atoms with Crippen molar-refractivity contribution in [2.45, 2.75) is 45.6 Å². The van der Waals surface area contributed by atoms with Crippen LogP contribution in [0.4, 0.5) is 0 Å². The van der Waals surface area contributed by atoms with E-state index in [4.69, 9.17) is 11.6 Å². The molecule has 0 aromatic heterocycles. The molecule has 0 aliphatic carbocycles. The van der Waals surface area contributed by atoms with E-state index in [-0.39, 0.29) is 0 Å². The zero-order valence-electron chi connectivity index (χ0n) is 9.00. The smallest absolute Gasteiger partial charge is 0.127 e. The monoisotopic (exact) mass is 223 g/mol. The van der Waals surface area contributed by atoms with Crippen molar-refractivity contribution in [2.24, 2.45) is 0 Å². The van der Waals surface area contributed by atoms with Crippen LogP contribution in [0.3, 0.4) is 0 Å². The molecule has 0 saturated carbocycles. The SMILES string of the molecule is CCC[Si](C)(C)N[Si](C)(C)CCl. The van der Waals surface area contributed by atoms with Gasteiger partial charge in [0.05, 0.1) is 0 Å². The molecule has 0 radical (unpaired) electrons. The minimum atomic E-state index is -1.27. The summed E-state index contributed by atoms with van der Waals surface area (Å²) in [5.74, 6) is 0. The second-order valence-electron chi connectivity index (χ2n) is 4.78. The maximum absolute atomic E-state index is 5.92. The van der Waals surface area contributed by atoms with E-state index in [1.807, 2.05) is 0 Å². The average molecular weight is 224 g/mol. The molecule has 4 heteroatoms. The third kappa shape index (κ3) is 5.35. The lowest BCUT2D eigenvalue weighted by Crippen LogP contribution is -2.60. The highest BCUT2D eigenvalue weighted by molar-refractivity contribution is 6.93. The maximum Gasteiger partial charge on any atom is 0.127 e. The molecule has 0 aromatic rings. The predicted octanol–water partition coefficient (Wildman–Crippen LogP) is 3.17. The van der Waals surface area contributed by atoms with E-state index >= 15 is 0 Å². The molecule has 0 bridgehead atoms. The zero-order valence-corrected chi connectivity index (χ0v) is 11.8. The van der Waals surface area contributed by atoms with Gasteiger partial charge in [-0.05, 0) is 6.04 Å². The topological polar surface area (TPSA) is 12.0 Å². The Bertz CT molecular complexity index is 137. The standard InChI is InChI=1S/C8H22ClNSi2/c1-6-7-11(2,3)10-12(4,5)8-9/h10H,6-8H2,1-5H3. The molecule has 0 atom stereocenters. The van der Waals surface area contributed by atoms with Crippen LogP contribution in [0.2, 0.25) is 32.2 Å². The molecule has 12 heavy (non-hydrogen) atoms. The molecule has 0 amide bonds. The summed E-state index contributed by atoms with van der Waals surface area (Å²) in [5.41, 5.74) is 0.827. The molecule has 0 aliphatic rings. The molecular formula is C8H22ClNSi2. The third-order valence-corrected chi connectivity index (χ3v) is 11.7. The Balaban J connectivity index is 4.04. The second-order valence-corrected chi connectivity index (χ2v) is 14.9. The van der Waals surface area contributed by atoms with Crippen molar-refractivity contribution in [3.8, 4) is 0 Å². The van der Waals surface area contributed by atoms with E-state index in [9.17, 15) is 0 Å². The van der Waals surface area contributed by atoms with Crippen molar-refractivity contribution >= 4 is 28.1 Å². The van der Waals surface area contributed by atoms with Gasteiger partial charge in [0.15, 0.2) is 0 Å². The van der Waals surface area contributed by atoms with Gasteiger partial charge in [-0.2, -0.15) is 0 Å². The lowest BCUT2D eigenvalue weighted by atomic mass is 10.6. The summed E-state index contributed by atoms with van der Waals surface area (Å²) < 4.78 is 3.83. The molecule has 0 aromatic carbocycles. The second kappa shape index (κ2) is 4.79. The van der Waals surface area contributed by atoms with Crippen LogP contribution in [0.1, 0.15) is 13.3 Å². The summed E-state index contributed by atoms with van der Waals surface area (Å²) >= 11 is 5.92. The molecule has 1 nitrogen and oxygen atoms in total. The number of halogens is 1. The van der Waals surface area contributed by atoms with E-state index in [1.54, 1.807) is 0 Å². The van der Waals surface area contributed by atoms with Crippen LogP contribution in [-0.2, 0) is 0 Å². The lowest BCUT2D eigenvalue weighted by molar-refractivity contribution is 1.02. The van der Waals surface area contributed by atoms with Gasteiger partial charge >= 0.3 is 0 Å². The highest BCUT2D eigenvalue weighted by atomic mass is 35.5. The first-order valence-corrected chi connectivity index (χ1v) is 11.6. The summed E-state index contributed by atoms with van der Waals surface area (Å²) in [6.07, 6.45) is 1.29. The molecule has 1 N–H and O–H groups in total. The fourth-order valence-corrected chi connectivity index (χ4v) is 11.6. The van der Waals surface area contributed by atoms with E-state index in [0.29, 0.717) is 0 Å². The van der Waals surface area contributed by atoms with Gasteiger partial charge in [-0.15, -0.1) is 11.6 Å². The van der Waals surface area contributed by atoms with Gasteiger partial charge in [-0.25, -0.2) is 0 Å². The van der Waals surface area contributed by atoms with Gasteiger partial charge in [-0.3, -0.25) is 0 Å². The molecule has 0 aliphatic heterocycles. The van der Waals surface area contributed by atoms with E-state index in [1.165, 1.54) is 12.5 Å². The van der Waals surface area contributed by atoms with E-state index in [2.05, 4.69) is 37.8 Å². The van der Waals surface area contributed by atoms with Crippen LogP contribution in [0, 0.1) is 0 Å². The Hall–Kier alpha value is 0.684. The normalized spacial score (nSPS) is 13.5. The molecular weight excluding hydrogens is 202 g/mol. The fourth-order valence-electron chi connectivity index (χ4n) is 1.64. The minimum absolute atomic E-state index is 0.827. The Morgan fingerprint density at radius 1 is 1.08 bits per heavy atom. The number of rotatable bonds is 5. The molecule has 0 spiro atoms. The quantitative estimate of drug-likeness (QED) is 0.558. The Labute approximate surface area is 84.1 Å². The van der Waals surface area contributed by atoms with Gasteiger partial charge in [0.25, 0.3) is 0 Å². The molecule has 0 heterocycles. The van der Waals surface area contributed by atoms with Crippen LogP contribution in [0.15, 0.2) is 0 Å². The molecule has 74 valence electrons. The molecule has 0 rings (SSSR count). The van der Waals surface area contributed by atoms with Crippen molar-refractivity contribution in [1.82, 2.24) is 4.65 Å². The van der Waals surface area contributed by atoms with Crippen molar-refractivity contribution < 1.29 is 0 Å². The van der Waals surface area contributed by atoms with Crippen molar-refractivity contribution in [3.63, 3.8) is 0 Å². The summed E-state index contributed by atoms with van der Waals surface area (Å²) in [6.45, 7) is 11.7. The summed E-state index contributed by atoms with van der Waals surface area (Å²) in [4.78, 5) is 0. The highest BCUT2D eigenvalue weighted by Crippen LogP contribution is 2.12. The summed E-state index contributed by atoms with van der Waals surface area (Å²) in [5, 5.41) is 0. The van der Waals surface area contributed by atoms with Gasteiger partial charge in [0, 0.05) is 5.50 Å². The number of hydrogen-bond acceptors (Lipinski definition) is 1. The Kier molecular flexibility index (Phi) is 5.06. The van der Waals surface area contributed by atoms with E-state index in [0.717, 1.165) is 5.50 Å². The maximum atomic E-state index is 5.92. The first-order chi connectivity index (χ1) is 5.33. The lowest BCUT2D eigenvalue weighted by Gasteiger charge is -2.33. The van der Waals surface area contributed by atoms with Crippen molar-refractivity contribution in [3.05, 3.63) is 0 Å². The first kappa shape index (κ1) is 12.7. The van der Waals surface area contributed by atoms with Crippen molar-refractivity contribution in [2.75, 3.05) is 5.50 Å². The Morgan fingerprint density at radius 2 is 1.58 bits per heavy atom. The predicted molar refractivity (Wildman–Crippen MR) is 63.9 cm³/mol. The van der Waals surface area contributed by atoms with Crippen LogP contribution < -0.4 is 4.65 Å². The average Bonchev–Trinajstić information content (AvgIpc) is 1.85. The first-order valence-electron chi connectivity index (χ1n) is 4.68. The number of alkyl halides is 1. The molecule has 0 unspecified atom stereocenters. The number of nitrogens with one attached hydrogen (secondary N) is 1.